The molecule has 2 aromatic rings. The third-order valence-electron chi connectivity index (χ3n) is 3.27. The Bertz CT molecular complexity index is 842. The fourth-order valence-corrected chi connectivity index (χ4v) is 4.25. The lowest BCUT2D eigenvalue weighted by atomic mass is 10.1. The van der Waals surface area contributed by atoms with Crippen molar-refractivity contribution in [3.05, 3.63) is 57.6 Å². The number of nitrogens with one attached hydrogen (secondary N) is 3. The highest BCUT2D eigenvalue weighted by molar-refractivity contribution is 9.10. The van der Waals surface area contributed by atoms with E-state index >= 15 is 0 Å². The number of rotatable bonds is 4. The summed E-state index contributed by atoms with van der Waals surface area (Å²) in [5.74, 6) is 0. The molecule has 5 nitrogen and oxygen atoms in total. The maximum atomic E-state index is 12.5. The summed E-state index contributed by atoms with van der Waals surface area (Å²) < 4.78 is 26.0. The van der Waals surface area contributed by atoms with Crippen LogP contribution in [0.2, 0.25) is 0 Å². The van der Waals surface area contributed by atoms with E-state index in [1.165, 1.54) is 0 Å². The summed E-state index contributed by atoms with van der Waals surface area (Å²) in [5, 5.41) is 3.06. The molecular weight excluding hydrogens is 410 g/mol. The molecular formula is C16H18BrN3O2S2. The zero-order valence-electron chi connectivity index (χ0n) is 13.5. The van der Waals surface area contributed by atoms with Gasteiger partial charge in [0, 0.05) is 10.2 Å². The monoisotopic (exact) mass is 427 g/mol. The van der Waals surface area contributed by atoms with Gasteiger partial charge in [-0.25, -0.2) is 8.42 Å². The van der Waals surface area contributed by atoms with Crippen molar-refractivity contribution < 1.29 is 8.42 Å². The number of thiocarbonyl (C=S) groups is 1. The van der Waals surface area contributed by atoms with E-state index in [9.17, 15) is 8.42 Å². The number of hydrogen-bond acceptors (Lipinski definition) is 3. The summed E-state index contributed by atoms with van der Waals surface area (Å²) >= 11 is 8.46. The number of benzene rings is 2. The Morgan fingerprint density at radius 1 is 1.04 bits per heavy atom. The van der Waals surface area contributed by atoms with Crippen molar-refractivity contribution in [3.63, 3.8) is 0 Å². The first-order valence-electron chi connectivity index (χ1n) is 7.11. The summed E-state index contributed by atoms with van der Waals surface area (Å²) in [5.41, 5.74) is 5.67. The van der Waals surface area contributed by atoms with Crippen LogP contribution in [0.3, 0.4) is 0 Å². The van der Waals surface area contributed by atoms with Gasteiger partial charge in [0.25, 0.3) is 10.0 Å². The molecule has 8 heteroatoms. The van der Waals surface area contributed by atoms with Crippen molar-refractivity contribution in [2.75, 3.05) is 5.32 Å². The molecule has 0 atom stereocenters. The molecule has 0 aromatic heterocycles. The molecule has 0 heterocycles. The van der Waals surface area contributed by atoms with Gasteiger partial charge in [-0.3, -0.25) is 5.43 Å². The highest BCUT2D eigenvalue weighted by atomic mass is 79.9. The van der Waals surface area contributed by atoms with Gasteiger partial charge in [0.1, 0.15) is 0 Å². The van der Waals surface area contributed by atoms with E-state index in [0.29, 0.717) is 11.1 Å². The van der Waals surface area contributed by atoms with Crippen LogP contribution in [0.1, 0.15) is 16.7 Å². The summed E-state index contributed by atoms with van der Waals surface area (Å²) in [6.07, 6.45) is 0. The average molecular weight is 428 g/mol. The normalized spacial score (nSPS) is 11.2. The second-order valence-electron chi connectivity index (χ2n) is 5.42. The molecule has 2 rings (SSSR count). The van der Waals surface area contributed by atoms with Gasteiger partial charge in [-0.15, -0.1) is 4.83 Å². The van der Waals surface area contributed by atoms with Gasteiger partial charge in [-0.2, -0.15) is 0 Å². The first kappa shape index (κ1) is 18.9. The minimum Gasteiger partial charge on any atom is -0.332 e. The quantitative estimate of drug-likeness (QED) is 0.513. The van der Waals surface area contributed by atoms with Crippen LogP contribution >= 0.6 is 28.1 Å². The molecule has 24 heavy (non-hydrogen) atoms. The lowest BCUT2D eigenvalue weighted by molar-refractivity contribution is 0.576. The maximum Gasteiger partial charge on any atom is 0.257 e. The SMILES string of the molecule is Cc1cc(C)c(S(=O)(=O)NNC(=S)Nc2ccc(Br)cc2)c(C)c1. The second kappa shape index (κ2) is 7.60. The Hall–Kier alpha value is -1.48. The summed E-state index contributed by atoms with van der Waals surface area (Å²) in [6, 6.07) is 11.0. The first-order chi connectivity index (χ1) is 11.2. The van der Waals surface area contributed by atoms with Crippen LogP contribution in [0.25, 0.3) is 0 Å². The van der Waals surface area contributed by atoms with Crippen LogP contribution in [-0.4, -0.2) is 13.5 Å². The zero-order chi connectivity index (χ0) is 17.9. The minimum absolute atomic E-state index is 0.156. The number of hydrazine groups is 1. The Balaban J connectivity index is 2.07. The zero-order valence-corrected chi connectivity index (χ0v) is 16.7. The maximum absolute atomic E-state index is 12.5. The van der Waals surface area contributed by atoms with Gasteiger partial charge in [0.05, 0.1) is 4.90 Å². The first-order valence-corrected chi connectivity index (χ1v) is 9.80. The van der Waals surface area contributed by atoms with E-state index in [0.717, 1.165) is 15.7 Å². The van der Waals surface area contributed by atoms with Crippen molar-refractivity contribution in [2.45, 2.75) is 25.7 Å². The van der Waals surface area contributed by atoms with E-state index in [-0.39, 0.29) is 10.0 Å². The van der Waals surface area contributed by atoms with E-state index in [2.05, 4.69) is 31.5 Å². The van der Waals surface area contributed by atoms with Crippen LogP contribution < -0.4 is 15.6 Å². The summed E-state index contributed by atoms with van der Waals surface area (Å²) in [7, 11) is -3.73. The number of halogens is 1. The minimum atomic E-state index is -3.73. The summed E-state index contributed by atoms with van der Waals surface area (Å²) in [6.45, 7) is 5.47. The van der Waals surface area contributed by atoms with E-state index in [4.69, 9.17) is 12.2 Å². The van der Waals surface area contributed by atoms with Crippen molar-refractivity contribution in [1.82, 2.24) is 10.3 Å². The predicted molar refractivity (Wildman–Crippen MR) is 104 cm³/mol. The molecule has 0 radical (unpaired) electrons. The molecule has 0 saturated heterocycles. The molecule has 0 unspecified atom stereocenters. The lowest BCUT2D eigenvalue weighted by Crippen LogP contribution is -2.44. The van der Waals surface area contributed by atoms with Crippen molar-refractivity contribution in [3.8, 4) is 0 Å². The molecule has 3 N–H and O–H groups in total. The molecule has 0 aliphatic heterocycles. The highest BCUT2D eigenvalue weighted by Crippen LogP contribution is 2.21. The molecule has 0 saturated carbocycles. The Morgan fingerprint density at radius 3 is 2.12 bits per heavy atom. The van der Waals surface area contributed by atoms with E-state index in [1.807, 2.05) is 43.3 Å². The highest BCUT2D eigenvalue weighted by Gasteiger charge is 2.20. The molecule has 0 spiro atoms. The van der Waals surface area contributed by atoms with Gasteiger partial charge in [0.2, 0.25) is 0 Å². The predicted octanol–water partition coefficient (Wildman–Crippen LogP) is 3.55. The molecule has 2 aromatic carbocycles. The third-order valence-corrected chi connectivity index (χ3v) is 5.56. The molecule has 0 fully saturated rings. The molecule has 0 amide bonds. The van der Waals surface area contributed by atoms with Crippen LogP contribution in [0.15, 0.2) is 45.8 Å². The molecule has 0 bridgehead atoms. The molecule has 0 aliphatic rings. The van der Waals surface area contributed by atoms with Gasteiger partial charge >= 0.3 is 0 Å². The molecule has 128 valence electrons. The lowest BCUT2D eigenvalue weighted by Gasteiger charge is -2.15. The fraction of sp³-hybridized carbons (Fsp3) is 0.188. The van der Waals surface area contributed by atoms with Gasteiger partial charge < -0.3 is 5.32 Å². The van der Waals surface area contributed by atoms with Crippen LogP contribution in [-0.2, 0) is 10.0 Å². The van der Waals surface area contributed by atoms with Crippen LogP contribution in [0, 0.1) is 20.8 Å². The third kappa shape index (κ3) is 4.76. The number of sulfonamides is 1. The Labute approximate surface area is 156 Å². The van der Waals surface area contributed by atoms with Gasteiger partial charge in [0.15, 0.2) is 5.11 Å². The Morgan fingerprint density at radius 2 is 1.58 bits per heavy atom. The number of anilines is 1. The summed E-state index contributed by atoms with van der Waals surface area (Å²) in [4.78, 5) is 2.57. The topological polar surface area (TPSA) is 70.2 Å². The Kier molecular flexibility index (Phi) is 5.97. The van der Waals surface area contributed by atoms with Gasteiger partial charge in [-0.05, 0) is 68.4 Å². The van der Waals surface area contributed by atoms with Crippen molar-refractivity contribution in [1.29, 1.82) is 0 Å². The van der Waals surface area contributed by atoms with E-state index < -0.39 is 10.0 Å². The number of aryl methyl sites for hydroxylation is 3. The standard InChI is InChI=1S/C16H18BrN3O2S2/c1-10-8-11(2)15(12(3)9-10)24(21,22)20-19-16(23)18-14-6-4-13(17)5-7-14/h4-9,20H,1-3H3,(H2,18,19,23). The molecule has 0 aliphatic carbocycles. The fourth-order valence-electron chi connectivity index (χ4n) is 2.45. The van der Waals surface area contributed by atoms with E-state index in [1.54, 1.807) is 13.8 Å². The van der Waals surface area contributed by atoms with Crippen LogP contribution in [0.5, 0.6) is 0 Å². The number of hydrogen-bond donors (Lipinski definition) is 3. The largest absolute Gasteiger partial charge is 0.332 e. The smallest absolute Gasteiger partial charge is 0.257 e. The van der Waals surface area contributed by atoms with Crippen LogP contribution in [0.4, 0.5) is 5.69 Å². The van der Waals surface area contributed by atoms with Crippen molar-refractivity contribution in [2.24, 2.45) is 0 Å². The van der Waals surface area contributed by atoms with Crippen molar-refractivity contribution >= 4 is 49.0 Å². The second-order valence-corrected chi connectivity index (χ2v) is 8.36. The van der Waals surface area contributed by atoms with Gasteiger partial charge in [-0.1, -0.05) is 33.6 Å². The average Bonchev–Trinajstić information content (AvgIpc) is 2.46.